The molecule has 0 spiro atoms. The first-order valence-corrected chi connectivity index (χ1v) is 8.24. The molecule has 0 heterocycles. The number of rotatable bonds is 5. The van der Waals surface area contributed by atoms with Crippen molar-refractivity contribution in [2.45, 2.75) is 0 Å². The van der Waals surface area contributed by atoms with Gasteiger partial charge in [0, 0.05) is 12.1 Å². The molecular weight excluding hydrogens is 386 g/mol. The highest BCUT2D eigenvalue weighted by Gasteiger charge is 2.17. The van der Waals surface area contributed by atoms with E-state index in [1.807, 2.05) is 0 Å². The SMILES string of the molecule is COc1ccc(C(=O)Oc2ccc(OC(=O)c3ccc(O)cc3F)cc2)c(F)c1. The number of carbonyl (C=O) groups is 2. The van der Waals surface area contributed by atoms with Crippen LogP contribution in [0, 0.1) is 11.6 Å². The maximum Gasteiger partial charge on any atom is 0.346 e. The molecule has 6 nitrogen and oxygen atoms in total. The van der Waals surface area contributed by atoms with Gasteiger partial charge in [-0.25, -0.2) is 18.4 Å². The molecule has 0 aliphatic rings. The number of benzene rings is 3. The van der Waals surface area contributed by atoms with E-state index in [4.69, 9.17) is 14.2 Å². The molecule has 0 aliphatic carbocycles. The Kier molecular flexibility index (Phi) is 5.73. The zero-order chi connectivity index (χ0) is 21.0. The molecule has 0 saturated carbocycles. The lowest BCUT2D eigenvalue weighted by molar-refractivity contribution is 0.0714. The Morgan fingerprint density at radius 3 is 1.62 bits per heavy atom. The van der Waals surface area contributed by atoms with Crippen molar-refractivity contribution in [2.24, 2.45) is 0 Å². The van der Waals surface area contributed by atoms with Gasteiger partial charge in [-0.2, -0.15) is 0 Å². The number of halogens is 2. The third-order valence-electron chi connectivity index (χ3n) is 3.81. The van der Waals surface area contributed by atoms with Gasteiger partial charge in [0.05, 0.1) is 18.2 Å². The minimum atomic E-state index is -0.965. The number of phenolic OH excluding ortho intramolecular Hbond substituents is 1. The van der Waals surface area contributed by atoms with Crippen LogP contribution in [0.25, 0.3) is 0 Å². The van der Waals surface area contributed by atoms with E-state index in [0.29, 0.717) is 0 Å². The van der Waals surface area contributed by atoms with Crippen LogP contribution in [0.15, 0.2) is 60.7 Å². The number of aromatic hydroxyl groups is 1. The highest BCUT2D eigenvalue weighted by atomic mass is 19.1. The normalized spacial score (nSPS) is 10.3. The van der Waals surface area contributed by atoms with E-state index in [1.54, 1.807) is 0 Å². The molecule has 148 valence electrons. The first-order valence-electron chi connectivity index (χ1n) is 8.24. The Labute approximate surface area is 163 Å². The maximum absolute atomic E-state index is 13.9. The third kappa shape index (κ3) is 4.67. The predicted octanol–water partition coefficient (Wildman–Crippen LogP) is 4.12. The molecular formula is C21H14F2O6. The van der Waals surface area contributed by atoms with Crippen LogP contribution in [0.2, 0.25) is 0 Å². The largest absolute Gasteiger partial charge is 0.508 e. The molecule has 0 aliphatic heterocycles. The van der Waals surface area contributed by atoms with Gasteiger partial charge in [-0.15, -0.1) is 0 Å². The quantitative estimate of drug-likeness (QED) is 0.513. The zero-order valence-corrected chi connectivity index (χ0v) is 15.0. The van der Waals surface area contributed by atoms with Gasteiger partial charge in [0.1, 0.15) is 34.6 Å². The average molecular weight is 400 g/mol. The summed E-state index contributed by atoms with van der Waals surface area (Å²) in [5, 5.41) is 9.17. The van der Waals surface area contributed by atoms with Gasteiger partial charge in [0.15, 0.2) is 0 Å². The predicted molar refractivity (Wildman–Crippen MR) is 97.4 cm³/mol. The monoisotopic (exact) mass is 400 g/mol. The lowest BCUT2D eigenvalue weighted by Crippen LogP contribution is -2.11. The van der Waals surface area contributed by atoms with Crippen LogP contribution >= 0.6 is 0 Å². The lowest BCUT2D eigenvalue weighted by Gasteiger charge is -2.08. The minimum absolute atomic E-state index is 0.0675. The molecule has 3 aromatic carbocycles. The molecule has 0 atom stereocenters. The van der Waals surface area contributed by atoms with Crippen molar-refractivity contribution in [2.75, 3.05) is 7.11 Å². The first kappa shape index (κ1) is 19.8. The molecule has 3 rings (SSSR count). The Bertz CT molecular complexity index is 1060. The van der Waals surface area contributed by atoms with Crippen molar-refractivity contribution in [3.63, 3.8) is 0 Å². The number of hydrogen-bond donors (Lipinski definition) is 1. The maximum atomic E-state index is 13.9. The van der Waals surface area contributed by atoms with Gasteiger partial charge in [-0.3, -0.25) is 0 Å². The van der Waals surface area contributed by atoms with E-state index in [9.17, 15) is 23.5 Å². The van der Waals surface area contributed by atoms with Gasteiger partial charge in [0.25, 0.3) is 0 Å². The molecule has 8 heteroatoms. The second-order valence-corrected chi connectivity index (χ2v) is 5.76. The first-order chi connectivity index (χ1) is 13.9. The summed E-state index contributed by atoms with van der Waals surface area (Å²) in [5.41, 5.74) is -0.627. The number of methoxy groups -OCH3 is 1. The molecule has 0 radical (unpaired) electrons. The Balaban J connectivity index is 1.67. The van der Waals surface area contributed by atoms with E-state index in [0.717, 1.165) is 24.3 Å². The summed E-state index contributed by atoms with van der Waals surface area (Å²) in [6.45, 7) is 0. The van der Waals surface area contributed by atoms with Gasteiger partial charge < -0.3 is 19.3 Å². The molecule has 3 aromatic rings. The summed E-state index contributed by atoms with van der Waals surface area (Å²) in [7, 11) is 1.37. The molecule has 0 bridgehead atoms. The lowest BCUT2D eigenvalue weighted by atomic mass is 10.2. The van der Waals surface area contributed by atoms with E-state index in [-0.39, 0.29) is 34.1 Å². The fraction of sp³-hybridized carbons (Fsp3) is 0.0476. The van der Waals surface area contributed by atoms with Crippen molar-refractivity contribution in [1.29, 1.82) is 0 Å². The van der Waals surface area contributed by atoms with Crippen molar-refractivity contribution < 1.29 is 37.7 Å². The zero-order valence-electron chi connectivity index (χ0n) is 15.0. The fourth-order valence-corrected chi connectivity index (χ4v) is 2.36. The van der Waals surface area contributed by atoms with Crippen LogP contribution in [-0.2, 0) is 0 Å². The molecule has 0 aromatic heterocycles. The van der Waals surface area contributed by atoms with Crippen molar-refractivity contribution in [1.82, 2.24) is 0 Å². The van der Waals surface area contributed by atoms with Crippen LogP contribution in [-0.4, -0.2) is 24.2 Å². The van der Waals surface area contributed by atoms with Gasteiger partial charge in [-0.1, -0.05) is 0 Å². The molecule has 29 heavy (non-hydrogen) atoms. The number of esters is 2. The standard InChI is InChI=1S/C21H14F2O6/c1-27-15-7-9-17(19(23)11-15)21(26)29-14-5-3-13(4-6-14)28-20(25)16-8-2-12(24)10-18(16)22/h2-11,24H,1H3. The number of carbonyl (C=O) groups excluding carboxylic acids is 2. The van der Waals surface area contributed by atoms with Crippen LogP contribution in [0.5, 0.6) is 23.0 Å². The topological polar surface area (TPSA) is 82.1 Å². The second kappa shape index (κ2) is 8.39. The molecule has 0 unspecified atom stereocenters. The van der Waals surface area contributed by atoms with Crippen molar-refractivity contribution in [3.8, 4) is 23.0 Å². The minimum Gasteiger partial charge on any atom is -0.508 e. The van der Waals surface area contributed by atoms with Gasteiger partial charge in [0.2, 0.25) is 0 Å². The molecule has 1 N–H and O–H groups in total. The van der Waals surface area contributed by atoms with Crippen LogP contribution in [0.1, 0.15) is 20.7 Å². The van der Waals surface area contributed by atoms with Crippen LogP contribution in [0.4, 0.5) is 8.78 Å². The van der Waals surface area contributed by atoms with E-state index in [1.165, 1.54) is 43.5 Å². The summed E-state index contributed by atoms with van der Waals surface area (Å²) >= 11 is 0. The second-order valence-electron chi connectivity index (χ2n) is 5.76. The van der Waals surface area contributed by atoms with Crippen molar-refractivity contribution >= 4 is 11.9 Å². The molecule has 0 amide bonds. The number of phenols is 1. The van der Waals surface area contributed by atoms with Crippen LogP contribution < -0.4 is 14.2 Å². The van der Waals surface area contributed by atoms with E-state index in [2.05, 4.69) is 0 Å². The fourth-order valence-electron chi connectivity index (χ4n) is 2.36. The third-order valence-corrected chi connectivity index (χ3v) is 3.81. The van der Waals surface area contributed by atoms with Crippen LogP contribution in [0.3, 0.4) is 0 Å². The summed E-state index contributed by atoms with van der Waals surface area (Å²) in [6, 6.07) is 12.0. The summed E-state index contributed by atoms with van der Waals surface area (Å²) in [4.78, 5) is 24.1. The summed E-state index contributed by atoms with van der Waals surface area (Å²) in [5.74, 6) is -3.51. The van der Waals surface area contributed by atoms with Gasteiger partial charge >= 0.3 is 11.9 Å². The smallest absolute Gasteiger partial charge is 0.346 e. The van der Waals surface area contributed by atoms with Crippen molar-refractivity contribution in [3.05, 3.63) is 83.4 Å². The summed E-state index contributed by atoms with van der Waals surface area (Å²) in [6.07, 6.45) is 0. The highest BCUT2D eigenvalue weighted by molar-refractivity contribution is 5.92. The molecule has 0 fully saturated rings. The highest BCUT2D eigenvalue weighted by Crippen LogP contribution is 2.23. The summed E-state index contributed by atoms with van der Waals surface area (Å²) < 4.78 is 42.6. The Morgan fingerprint density at radius 1 is 0.724 bits per heavy atom. The Morgan fingerprint density at radius 2 is 1.17 bits per heavy atom. The molecule has 0 saturated heterocycles. The average Bonchev–Trinajstić information content (AvgIpc) is 2.69. The number of hydrogen-bond acceptors (Lipinski definition) is 6. The van der Waals surface area contributed by atoms with E-state index >= 15 is 0 Å². The van der Waals surface area contributed by atoms with Gasteiger partial charge in [-0.05, 0) is 48.5 Å². The number of ether oxygens (including phenoxy) is 3. The Hall–Kier alpha value is -3.94. The van der Waals surface area contributed by atoms with E-state index < -0.39 is 23.6 Å².